The van der Waals surface area contributed by atoms with Crippen LogP contribution in [0.4, 0.5) is 0 Å². The summed E-state index contributed by atoms with van der Waals surface area (Å²) in [6.45, 7) is 8.33. The molecule has 1 heterocycles. The summed E-state index contributed by atoms with van der Waals surface area (Å²) in [5, 5.41) is 0. The summed E-state index contributed by atoms with van der Waals surface area (Å²) in [7, 11) is 0. The van der Waals surface area contributed by atoms with Gasteiger partial charge in [0.25, 0.3) is 0 Å². The molecule has 12 heavy (non-hydrogen) atoms. The predicted molar refractivity (Wildman–Crippen MR) is 58.7 cm³/mol. The van der Waals surface area contributed by atoms with Crippen LogP contribution in [0.5, 0.6) is 0 Å². The summed E-state index contributed by atoms with van der Waals surface area (Å²) in [5.41, 5.74) is 0. The van der Waals surface area contributed by atoms with Gasteiger partial charge in [0.15, 0.2) is 0 Å². The molecule has 0 aromatic carbocycles. The van der Waals surface area contributed by atoms with E-state index >= 15 is 0 Å². The van der Waals surface area contributed by atoms with Crippen LogP contribution in [0, 0.1) is 0 Å². The van der Waals surface area contributed by atoms with Gasteiger partial charge in [-0.05, 0) is 26.0 Å². The van der Waals surface area contributed by atoms with E-state index in [1.807, 2.05) is 26.0 Å². The number of hydrogen-bond donors (Lipinski definition) is 0. The lowest BCUT2D eigenvalue weighted by Crippen LogP contribution is -1.94. The quantitative estimate of drug-likeness (QED) is 0.563. The van der Waals surface area contributed by atoms with Crippen LogP contribution in [0.25, 0.3) is 0 Å². The standard InChI is InChI=1S/C7H11N.C2H6.CH4.B/c1-7(2)8-5-3-4-6-8;1-2;;/h3-7H,1-2H3;1-2H3;1H4;. The SMILES string of the molecule is C.CC.CC(C)n1cccc1.[B]. The van der Waals surface area contributed by atoms with E-state index in [1.54, 1.807) is 0 Å². The van der Waals surface area contributed by atoms with Crippen LogP contribution >= 0.6 is 0 Å². The van der Waals surface area contributed by atoms with E-state index in [4.69, 9.17) is 0 Å². The van der Waals surface area contributed by atoms with Crippen molar-refractivity contribution < 1.29 is 0 Å². The summed E-state index contributed by atoms with van der Waals surface area (Å²) in [6.07, 6.45) is 4.15. The van der Waals surface area contributed by atoms with Gasteiger partial charge in [0.1, 0.15) is 0 Å². The predicted octanol–water partition coefficient (Wildman–Crippen LogP) is 3.35. The zero-order valence-electron chi connectivity index (χ0n) is 7.91. The molecular formula is C10H21BN. The Labute approximate surface area is 79.4 Å². The largest absolute Gasteiger partial charge is 0.352 e. The molecule has 0 saturated heterocycles. The van der Waals surface area contributed by atoms with Gasteiger partial charge in [0, 0.05) is 26.8 Å². The lowest BCUT2D eigenvalue weighted by Gasteiger charge is -2.03. The van der Waals surface area contributed by atoms with Crippen molar-refractivity contribution in [2.45, 2.75) is 41.2 Å². The number of hydrogen-bond acceptors (Lipinski definition) is 0. The van der Waals surface area contributed by atoms with Gasteiger partial charge in [-0.1, -0.05) is 21.3 Å². The van der Waals surface area contributed by atoms with Crippen LogP contribution in [-0.4, -0.2) is 13.0 Å². The summed E-state index contributed by atoms with van der Waals surface area (Å²) in [5.74, 6) is 0. The molecule has 0 unspecified atom stereocenters. The van der Waals surface area contributed by atoms with Crippen LogP contribution < -0.4 is 0 Å². The molecule has 0 saturated carbocycles. The Bertz CT molecular complexity index is 145. The van der Waals surface area contributed by atoms with Gasteiger partial charge in [0.2, 0.25) is 0 Å². The lowest BCUT2D eigenvalue weighted by atomic mass is 10.4. The molecule has 0 aliphatic rings. The highest BCUT2D eigenvalue weighted by atomic mass is 15.0. The van der Waals surface area contributed by atoms with E-state index in [0.29, 0.717) is 6.04 Å². The third-order valence-electron chi connectivity index (χ3n) is 1.22. The third-order valence-corrected chi connectivity index (χ3v) is 1.22. The van der Waals surface area contributed by atoms with Gasteiger partial charge in [0.05, 0.1) is 0 Å². The topological polar surface area (TPSA) is 4.93 Å². The number of rotatable bonds is 1. The summed E-state index contributed by atoms with van der Waals surface area (Å²) in [4.78, 5) is 0. The molecule has 1 rings (SSSR count). The highest BCUT2D eigenvalue weighted by molar-refractivity contribution is 5.75. The molecule has 0 spiro atoms. The van der Waals surface area contributed by atoms with Crippen molar-refractivity contribution >= 4 is 8.41 Å². The van der Waals surface area contributed by atoms with Gasteiger partial charge >= 0.3 is 0 Å². The van der Waals surface area contributed by atoms with E-state index in [2.05, 4.69) is 30.8 Å². The maximum absolute atomic E-state index is 2.17. The van der Waals surface area contributed by atoms with Crippen molar-refractivity contribution in [1.29, 1.82) is 0 Å². The van der Waals surface area contributed by atoms with Crippen molar-refractivity contribution in [2.75, 3.05) is 0 Å². The van der Waals surface area contributed by atoms with Crippen molar-refractivity contribution in [3.05, 3.63) is 24.5 Å². The Balaban J connectivity index is -0.000000189. The van der Waals surface area contributed by atoms with E-state index in [9.17, 15) is 0 Å². The van der Waals surface area contributed by atoms with E-state index in [-0.39, 0.29) is 15.8 Å². The van der Waals surface area contributed by atoms with Gasteiger partial charge < -0.3 is 4.57 Å². The minimum atomic E-state index is 0. The van der Waals surface area contributed by atoms with E-state index in [0.717, 1.165) is 0 Å². The van der Waals surface area contributed by atoms with Crippen LogP contribution in [-0.2, 0) is 0 Å². The van der Waals surface area contributed by atoms with Crippen molar-refractivity contribution in [3.63, 3.8) is 0 Å². The Hall–Kier alpha value is -0.655. The second-order valence-corrected chi connectivity index (χ2v) is 2.22. The molecule has 0 bridgehead atoms. The van der Waals surface area contributed by atoms with Gasteiger partial charge in [-0.3, -0.25) is 0 Å². The molecular weight excluding hydrogens is 145 g/mol. The molecule has 0 amide bonds. The average molecular weight is 166 g/mol. The first-order chi connectivity index (χ1) is 4.80. The molecule has 1 aromatic heterocycles. The first kappa shape index (κ1) is 17.4. The zero-order valence-corrected chi connectivity index (χ0v) is 7.91. The Kier molecular flexibility index (Phi) is 15.0. The smallest absolute Gasteiger partial charge is 0.0274 e. The fourth-order valence-corrected chi connectivity index (χ4v) is 0.692. The fourth-order valence-electron chi connectivity index (χ4n) is 0.692. The number of aromatic nitrogens is 1. The fraction of sp³-hybridized carbons (Fsp3) is 0.600. The van der Waals surface area contributed by atoms with Crippen molar-refractivity contribution in [1.82, 2.24) is 4.57 Å². The first-order valence-electron chi connectivity index (χ1n) is 3.93. The molecule has 0 atom stereocenters. The van der Waals surface area contributed by atoms with Crippen LogP contribution in [0.1, 0.15) is 41.2 Å². The monoisotopic (exact) mass is 166 g/mol. The van der Waals surface area contributed by atoms with Crippen LogP contribution in [0.15, 0.2) is 24.5 Å². The second kappa shape index (κ2) is 10.3. The zero-order chi connectivity index (χ0) is 7.98. The first-order valence-corrected chi connectivity index (χ1v) is 3.93. The second-order valence-electron chi connectivity index (χ2n) is 2.22. The molecule has 2 heteroatoms. The molecule has 69 valence electrons. The maximum Gasteiger partial charge on any atom is 0.0274 e. The van der Waals surface area contributed by atoms with Crippen molar-refractivity contribution in [3.8, 4) is 0 Å². The van der Waals surface area contributed by atoms with E-state index < -0.39 is 0 Å². The van der Waals surface area contributed by atoms with Gasteiger partial charge in [-0.25, -0.2) is 0 Å². The summed E-state index contributed by atoms with van der Waals surface area (Å²) < 4.78 is 2.17. The normalized spacial score (nSPS) is 7.42. The number of nitrogens with zero attached hydrogens (tertiary/aromatic N) is 1. The lowest BCUT2D eigenvalue weighted by molar-refractivity contribution is 0.604. The highest BCUT2D eigenvalue weighted by Crippen LogP contribution is 2.01. The molecule has 1 nitrogen and oxygen atoms in total. The van der Waals surface area contributed by atoms with Crippen molar-refractivity contribution in [2.24, 2.45) is 0 Å². The van der Waals surface area contributed by atoms with E-state index in [1.165, 1.54) is 0 Å². The molecule has 0 aliphatic carbocycles. The molecule has 0 N–H and O–H groups in total. The maximum atomic E-state index is 2.17. The summed E-state index contributed by atoms with van der Waals surface area (Å²) >= 11 is 0. The van der Waals surface area contributed by atoms with Crippen LogP contribution in [0.2, 0.25) is 0 Å². The molecule has 0 aliphatic heterocycles. The van der Waals surface area contributed by atoms with Gasteiger partial charge in [-0.15, -0.1) is 0 Å². The Morgan fingerprint density at radius 3 is 1.50 bits per heavy atom. The van der Waals surface area contributed by atoms with Crippen LogP contribution in [0.3, 0.4) is 0 Å². The minimum Gasteiger partial charge on any atom is -0.352 e. The Morgan fingerprint density at radius 1 is 1.00 bits per heavy atom. The molecule has 3 radical (unpaired) electrons. The molecule has 1 aromatic rings. The van der Waals surface area contributed by atoms with Gasteiger partial charge in [-0.2, -0.15) is 0 Å². The summed E-state index contributed by atoms with van der Waals surface area (Å²) in [6, 6.07) is 4.69. The average Bonchev–Trinajstić information content (AvgIpc) is 2.42. The highest BCUT2D eigenvalue weighted by Gasteiger charge is 1.89. The minimum absolute atomic E-state index is 0. The molecule has 0 fully saturated rings. The third kappa shape index (κ3) is 6.08. The Morgan fingerprint density at radius 2 is 1.33 bits per heavy atom.